The number of hydrogen-bond donors (Lipinski definition) is 0. The number of nitrogens with zero attached hydrogens (tertiary/aromatic N) is 3. The van der Waals surface area contributed by atoms with Crippen LogP contribution in [0.1, 0.15) is 12.6 Å². The summed E-state index contributed by atoms with van der Waals surface area (Å²) in [5.41, 5.74) is 1.71. The first-order valence-electron chi connectivity index (χ1n) is 7.25. The van der Waals surface area contributed by atoms with E-state index in [1.54, 1.807) is 21.9 Å². The standard InChI is InChI=1S/C16H17BrFN3O/c1-2-19-7-3-4-13(19)11-20-8-9-21(16(20)22)12-5-6-14(17)15(18)10-12/h3-7,10H,2,8-9,11H2,1H3. The van der Waals surface area contributed by atoms with E-state index in [9.17, 15) is 9.18 Å². The van der Waals surface area contributed by atoms with Gasteiger partial charge in [-0.25, -0.2) is 9.18 Å². The summed E-state index contributed by atoms with van der Waals surface area (Å²) in [7, 11) is 0. The number of aryl methyl sites for hydroxylation is 1. The van der Waals surface area contributed by atoms with E-state index in [-0.39, 0.29) is 11.8 Å². The minimum absolute atomic E-state index is 0.0782. The Hall–Kier alpha value is -1.82. The molecule has 0 spiro atoms. The fourth-order valence-electron chi connectivity index (χ4n) is 2.72. The van der Waals surface area contributed by atoms with Gasteiger partial charge in [0.2, 0.25) is 0 Å². The van der Waals surface area contributed by atoms with Crippen LogP contribution in [0, 0.1) is 5.82 Å². The van der Waals surface area contributed by atoms with Crippen LogP contribution in [0.2, 0.25) is 0 Å². The minimum atomic E-state index is -0.358. The maximum Gasteiger partial charge on any atom is 0.324 e. The van der Waals surface area contributed by atoms with Gasteiger partial charge in [-0.2, -0.15) is 0 Å². The molecule has 2 amide bonds. The second kappa shape index (κ2) is 6.12. The van der Waals surface area contributed by atoms with E-state index in [0.29, 0.717) is 29.8 Å². The van der Waals surface area contributed by atoms with Crippen molar-refractivity contribution in [2.75, 3.05) is 18.0 Å². The third-order valence-corrected chi connectivity index (χ3v) is 4.57. The van der Waals surface area contributed by atoms with Gasteiger partial charge in [-0.3, -0.25) is 4.90 Å². The van der Waals surface area contributed by atoms with Crippen LogP contribution in [0.3, 0.4) is 0 Å². The predicted octanol–water partition coefficient (Wildman–Crippen LogP) is 3.85. The van der Waals surface area contributed by atoms with Crippen molar-refractivity contribution in [1.82, 2.24) is 9.47 Å². The zero-order valence-electron chi connectivity index (χ0n) is 12.3. The van der Waals surface area contributed by atoms with Gasteiger partial charge in [-0.15, -0.1) is 0 Å². The Balaban J connectivity index is 1.76. The first-order chi connectivity index (χ1) is 10.6. The predicted molar refractivity (Wildman–Crippen MR) is 87.4 cm³/mol. The van der Waals surface area contributed by atoms with Crippen molar-refractivity contribution in [3.63, 3.8) is 0 Å². The number of halogens is 2. The molecular weight excluding hydrogens is 349 g/mol. The fourth-order valence-corrected chi connectivity index (χ4v) is 2.97. The summed E-state index contributed by atoms with van der Waals surface area (Å²) in [6, 6.07) is 8.71. The monoisotopic (exact) mass is 365 g/mol. The Morgan fingerprint density at radius 1 is 1.27 bits per heavy atom. The summed E-state index contributed by atoms with van der Waals surface area (Å²) < 4.78 is 16.2. The lowest BCUT2D eigenvalue weighted by Gasteiger charge is -2.19. The van der Waals surface area contributed by atoms with Gasteiger partial charge >= 0.3 is 6.03 Å². The molecule has 4 nitrogen and oxygen atoms in total. The highest BCUT2D eigenvalue weighted by molar-refractivity contribution is 9.10. The van der Waals surface area contributed by atoms with E-state index in [1.807, 2.05) is 18.3 Å². The van der Waals surface area contributed by atoms with Crippen LogP contribution >= 0.6 is 15.9 Å². The highest BCUT2D eigenvalue weighted by atomic mass is 79.9. The minimum Gasteiger partial charge on any atom is -0.350 e. The molecule has 0 N–H and O–H groups in total. The number of hydrogen-bond acceptors (Lipinski definition) is 1. The second-order valence-corrected chi connectivity index (χ2v) is 6.09. The van der Waals surface area contributed by atoms with Crippen LogP contribution < -0.4 is 4.90 Å². The topological polar surface area (TPSA) is 28.5 Å². The molecular formula is C16H17BrFN3O. The molecule has 1 aliphatic heterocycles. The van der Waals surface area contributed by atoms with Crippen molar-refractivity contribution in [2.24, 2.45) is 0 Å². The molecule has 1 aliphatic rings. The van der Waals surface area contributed by atoms with Crippen molar-refractivity contribution in [1.29, 1.82) is 0 Å². The molecule has 1 aromatic carbocycles. The van der Waals surface area contributed by atoms with Gasteiger partial charge in [0.15, 0.2) is 0 Å². The Morgan fingerprint density at radius 2 is 2.09 bits per heavy atom. The molecule has 116 valence electrons. The molecule has 6 heteroatoms. The van der Waals surface area contributed by atoms with Gasteiger partial charge in [-0.1, -0.05) is 0 Å². The summed E-state index contributed by atoms with van der Waals surface area (Å²) in [6.45, 7) is 4.76. The van der Waals surface area contributed by atoms with Crippen LogP contribution in [-0.2, 0) is 13.1 Å². The zero-order chi connectivity index (χ0) is 15.7. The zero-order valence-corrected chi connectivity index (χ0v) is 13.9. The molecule has 3 rings (SSSR count). The van der Waals surface area contributed by atoms with Crippen LogP contribution in [0.4, 0.5) is 14.9 Å². The number of carbonyl (C=O) groups excluding carboxylic acids is 1. The number of anilines is 1. The molecule has 1 aromatic heterocycles. The van der Waals surface area contributed by atoms with Crippen molar-refractivity contribution in [2.45, 2.75) is 20.0 Å². The van der Waals surface area contributed by atoms with Crippen molar-refractivity contribution >= 4 is 27.6 Å². The Labute approximate surface area is 137 Å². The highest BCUT2D eigenvalue weighted by Crippen LogP contribution is 2.26. The first-order valence-corrected chi connectivity index (χ1v) is 8.05. The fraction of sp³-hybridized carbons (Fsp3) is 0.312. The number of carbonyl (C=O) groups is 1. The lowest BCUT2D eigenvalue weighted by atomic mass is 10.3. The van der Waals surface area contributed by atoms with Gasteiger partial charge < -0.3 is 9.47 Å². The average Bonchev–Trinajstić information content (AvgIpc) is 3.10. The van der Waals surface area contributed by atoms with Crippen LogP contribution in [-0.4, -0.2) is 28.6 Å². The number of rotatable bonds is 4. The first kappa shape index (κ1) is 15.1. The van der Waals surface area contributed by atoms with Gasteiger partial charge in [0.05, 0.1) is 11.0 Å². The molecule has 0 unspecified atom stereocenters. The van der Waals surface area contributed by atoms with Crippen molar-refractivity contribution in [3.05, 3.63) is 52.5 Å². The highest BCUT2D eigenvalue weighted by Gasteiger charge is 2.30. The molecule has 0 saturated carbocycles. The van der Waals surface area contributed by atoms with E-state index in [2.05, 4.69) is 27.4 Å². The SMILES string of the molecule is CCn1cccc1CN1CCN(c2ccc(Br)c(F)c2)C1=O. The lowest BCUT2D eigenvalue weighted by molar-refractivity contribution is 0.217. The van der Waals surface area contributed by atoms with Gasteiger partial charge in [-0.05, 0) is 53.2 Å². The van der Waals surface area contributed by atoms with E-state index < -0.39 is 0 Å². The molecule has 2 aromatic rings. The van der Waals surface area contributed by atoms with Crippen LogP contribution in [0.25, 0.3) is 0 Å². The average molecular weight is 366 g/mol. The molecule has 22 heavy (non-hydrogen) atoms. The third-order valence-electron chi connectivity index (χ3n) is 3.93. The molecule has 0 bridgehead atoms. The molecule has 0 aliphatic carbocycles. The summed E-state index contributed by atoms with van der Waals surface area (Å²) in [5, 5.41) is 0. The molecule has 0 atom stereocenters. The molecule has 0 radical (unpaired) electrons. The second-order valence-electron chi connectivity index (χ2n) is 5.24. The van der Waals surface area contributed by atoms with E-state index >= 15 is 0 Å². The van der Waals surface area contributed by atoms with Crippen molar-refractivity contribution in [3.8, 4) is 0 Å². The molecule has 1 fully saturated rings. The van der Waals surface area contributed by atoms with E-state index in [0.717, 1.165) is 12.2 Å². The third kappa shape index (κ3) is 2.75. The Morgan fingerprint density at radius 3 is 2.82 bits per heavy atom. The molecule has 2 heterocycles. The summed E-state index contributed by atoms with van der Waals surface area (Å²) in [6.07, 6.45) is 2.01. The van der Waals surface area contributed by atoms with Crippen molar-refractivity contribution < 1.29 is 9.18 Å². The maximum atomic E-state index is 13.7. The smallest absolute Gasteiger partial charge is 0.324 e. The van der Waals surface area contributed by atoms with Gasteiger partial charge in [0, 0.05) is 37.2 Å². The van der Waals surface area contributed by atoms with Gasteiger partial charge in [0.25, 0.3) is 0 Å². The summed E-state index contributed by atoms with van der Waals surface area (Å²) in [5.74, 6) is -0.358. The van der Waals surface area contributed by atoms with Gasteiger partial charge in [0.1, 0.15) is 5.82 Å². The van der Waals surface area contributed by atoms with Crippen LogP contribution in [0.5, 0.6) is 0 Å². The number of amides is 2. The van der Waals surface area contributed by atoms with Crippen LogP contribution in [0.15, 0.2) is 41.0 Å². The summed E-state index contributed by atoms with van der Waals surface area (Å²) >= 11 is 3.13. The molecule has 1 saturated heterocycles. The maximum absolute atomic E-state index is 13.7. The Bertz CT molecular complexity index is 700. The lowest BCUT2D eigenvalue weighted by Crippen LogP contribution is -2.32. The quantitative estimate of drug-likeness (QED) is 0.808. The van der Waals surface area contributed by atoms with E-state index in [4.69, 9.17) is 0 Å². The normalized spacial score (nSPS) is 15.0. The largest absolute Gasteiger partial charge is 0.350 e. The number of benzene rings is 1. The number of urea groups is 1. The Kier molecular flexibility index (Phi) is 4.20. The number of aromatic nitrogens is 1. The summed E-state index contributed by atoms with van der Waals surface area (Å²) in [4.78, 5) is 15.9. The van der Waals surface area contributed by atoms with E-state index in [1.165, 1.54) is 6.07 Å².